The summed E-state index contributed by atoms with van der Waals surface area (Å²) in [5, 5.41) is 17.6. The van der Waals surface area contributed by atoms with Gasteiger partial charge in [-0.3, -0.25) is 13.7 Å². The van der Waals surface area contributed by atoms with E-state index >= 15 is 0 Å². The molecule has 10 nitrogen and oxygen atoms in total. The molecule has 0 bridgehead atoms. The highest BCUT2D eigenvalue weighted by atomic mass is 32.1. The molecular weight excluding hydrogens is 1720 g/mol. The molecule has 9 aromatic heterocycles. The highest BCUT2D eigenvalue weighted by molar-refractivity contribution is 7.27. The second kappa shape index (κ2) is 33.1. The zero-order valence-corrected chi connectivity index (χ0v) is 75.8. The molecule has 29 rings (SSSR count). The van der Waals surface area contributed by atoms with E-state index in [1.54, 1.807) is 0 Å². The smallest absolute Gasteiger partial charge is 0.235 e. The maximum absolute atomic E-state index is 6.93. The Balaban J connectivity index is 0.000000105. The van der Waals surface area contributed by atoms with Crippen LogP contribution in [-0.4, -0.2) is 43.6 Å². The fourth-order valence-electron chi connectivity index (χ4n) is 20.7. The third-order valence-corrected chi connectivity index (χ3v) is 29.5. The van der Waals surface area contributed by atoms with Crippen molar-refractivity contribution in [3.8, 4) is 107 Å². The van der Waals surface area contributed by atoms with Crippen LogP contribution in [0.4, 0.5) is 0 Å². The summed E-state index contributed by atoms with van der Waals surface area (Å²) in [7, 11) is 0. The van der Waals surface area contributed by atoms with Crippen molar-refractivity contribution in [2.75, 3.05) is 0 Å². The molecule has 0 aliphatic heterocycles. The number of fused-ring (bicyclic) bond motifs is 24. The van der Waals surface area contributed by atoms with Crippen LogP contribution in [0.25, 0.3) is 268 Å². The maximum atomic E-state index is 6.93. The maximum Gasteiger partial charge on any atom is 0.235 e. The van der Waals surface area contributed by atoms with E-state index in [4.69, 9.17) is 34.3 Å². The SMILES string of the molecule is c1ccc(-c2ccc(-c3cccc(-c4nc(-n5c6ccccc6c6c7sc8ccccc8c7ccc65)nc5ccccc45)c3)cc2)cc1.c1ccc(-c2ccc3c4c5oc6c(-c7ccccc7)cccc6c5ccc4n(-c4nc(-c5ccccc5)c5ccccc5n4)c3c2)cc1.c1ccc(-c2cccc(-c3nc(-n4c5ccccc5c5c6sc7ccccc7c6ccc54)nc4ccccc34)c2)cc1. The Morgan fingerprint density at radius 3 is 0.957 bits per heavy atom. The van der Waals surface area contributed by atoms with Gasteiger partial charge in [0.15, 0.2) is 0 Å². The summed E-state index contributed by atoms with van der Waals surface area (Å²) >= 11 is 3.72. The van der Waals surface area contributed by atoms with Crippen molar-refractivity contribution >= 4 is 183 Å². The van der Waals surface area contributed by atoms with Crippen LogP contribution < -0.4 is 0 Å². The average molecular weight is 1800 g/mol. The number of hydrogen-bond donors (Lipinski definition) is 0. The van der Waals surface area contributed by atoms with Gasteiger partial charge in [-0.1, -0.05) is 382 Å². The Morgan fingerprint density at radius 2 is 0.478 bits per heavy atom. The number of furan rings is 1. The fourth-order valence-corrected chi connectivity index (χ4v) is 23.2. The summed E-state index contributed by atoms with van der Waals surface area (Å²) in [6.45, 7) is 0. The molecule has 138 heavy (non-hydrogen) atoms. The summed E-state index contributed by atoms with van der Waals surface area (Å²) in [5.41, 5.74) is 28.5. The standard InChI is InChI=1S/C44H27N3O.C44H27N3S.C38H23N3S/c1-4-13-28(14-5-1)31-23-24-36-39(27-31)47(44-45-37-22-11-10-19-35(37)41(46-44)30-17-8-3-9-18-30)38-26-25-34-33-21-12-20-32(29-15-6-2-7-16-29)42(33)48-43(34)40(36)38;1-2-11-28(12-3-1)29-21-23-30(24-22-29)31-13-10-14-32(27-31)42-35-16-4-7-18-37(35)45-44(46-42)47-38-19-8-5-17-36(38)41-39(47)26-25-34-33-15-6-9-20-40(33)48-43(34)41;1-2-11-24(12-3-1)25-13-10-14-26(23-25)36-29-16-4-7-18-31(29)39-38(40-36)41-32-19-8-5-17-30(32)35-33(41)22-21-28-27-15-6-9-20-34(27)42-37(28)35/h2*1-27H;1-23H. The summed E-state index contributed by atoms with van der Waals surface area (Å²) in [5.74, 6) is 1.98. The number of benzene rings is 20. The van der Waals surface area contributed by atoms with Crippen LogP contribution in [0.5, 0.6) is 0 Å². The highest BCUT2D eigenvalue weighted by Crippen LogP contribution is 2.49. The van der Waals surface area contributed by atoms with E-state index in [2.05, 4.69) is 457 Å². The van der Waals surface area contributed by atoms with Crippen LogP contribution in [0.2, 0.25) is 0 Å². The summed E-state index contributed by atoms with van der Waals surface area (Å²) in [6, 6.07) is 165. The minimum atomic E-state index is 0.623. The Bertz CT molecular complexity index is 9920. The Kier molecular flexibility index (Phi) is 19.1. The molecule has 644 valence electrons. The molecule has 0 spiro atoms. The van der Waals surface area contributed by atoms with Gasteiger partial charge in [0.05, 0.1) is 72.1 Å². The molecule has 9 heterocycles. The van der Waals surface area contributed by atoms with Crippen molar-refractivity contribution in [2.45, 2.75) is 0 Å². The van der Waals surface area contributed by atoms with Gasteiger partial charge in [-0.2, -0.15) is 0 Å². The zero-order chi connectivity index (χ0) is 90.8. The van der Waals surface area contributed by atoms with E-state index in [1.807, 2.05) is 46.9 Å². The van der Waals surface area contributed by atoms with Crippen LogP contribution in [0.15, 0.2) is 472 Å². The minimum Gasteiger partial charge on any atom is -0.455 e. The van der Waals surface area contributed by atoms with Crippen molar-refractivity contribution in [1.29, 1.82) is 0 Å². The molecule has 20 aromatic carbocycles. The van der Waals surface area contributed by atoms with Crippen molar-refractivity contribution in [1.82, 2.24) is 43.6 Å². The molecule has 0 aliphatic carbocycles. The first kappa shape index (κ1) is 79.8. The van der Waals surface area contributed by atoms with Gasteiger partial charge in [0, 0.05) is 116 Å². The van der Waals surface area contributed by atoms with E-state index in [0.717, 1.165) is 160 Å². The second-order valence-corrected chi connectivity index (χ2v) is 37.1. The second-order valence-electron chi connectivity index (χ2n) is 35.0. The Morgan fingerprint density at radius 1 is 0.174 bits per heavy atom. The Labute approximate surface area is 799 Å². The van der Waals surface area contributed by atoms with Gasteiger partial charge >= 0.3 is 0 Å². The van der Waals surface area contributed by atoms with E-state index in [9.17, 15) is 0 Å². The summed E-state index contributed by atoms with van der Waals surface area (Å²) in [6.07, 6.45) is 0. The Hall–Kier alpha value is -17.9. The minimum absolute atomic E-state index is 0.623. The van der Waals surface area contributed by atoms with Gasteiger partial charge < -0.3 is 4.42 Å². The lowest BCUT2D eigenvalue weighted by Gasteiger charge is -2.13. The predicted octanol–water partition coefficient (Wildman–Crippen LogP) is 34.2. The van der Waals surface area contributed by atoms with Crippen molar-refractivity contribution < 1.29 is 4.42 Å². The van der Waals surface area contributed by atoms with Crippen molar-refractivity contribution in [2.24, 2.45) is 0 Å². The molecule has 0 saturated carbocycles. The van der Waals surface area contributed by atoms with E-state index in [1.165, 1.54) is 89.7 Å². The quantitative estimate of drug-likeness (QED) is 0.127. The topological polar surface area (TPSA) is 105 Å². The first-order chi connectivity index (χ1) is 68.4. The molecule has 0 aliphatic rings. The monoisotopic (exact) mass is 1800 g/mol. The molecule has 0 saturated heterocycles. The van der Waals surface area contributed by atoms with Crippen LogP contribution in [-0.2, 0) is 0 Å². The van der Waals surface area contributed by atoms with E-state index < -0.39 is 0 Å². The number of thiophene rings is 2. The molecule has 0 unspecified atom stereocenters. The van der Waals surface area contributed by atoms with Gasteiger partial charge in [0.1, 0.15) is 11.2 Å². The summed E-state index contributed by atoms with van der Waals surface area (Å²) < 4.78 is 18.8. The molecule has 0 radical (unpaired) electrons. The predicted molar refractivity (Wildman–Crippen MR) is 578 cm³/mol. The third-order valence-electron chi connectivity index (χ3n) is 27.1. The third kappa shape index (κ3) is 13.4. The lowest BCUT2D eigenvalue weighted by atomic mass is 9.97. The van der Waals surface area contributed by atoms with Gasteiger partial charge in [0.2, 0.25) is 17.8 Å². The fraction of sp³-hybridized carbons (Fsp3) is 0. The van der Waals surface area contributed by atoms with Crippen LogP contribution in [0.3, 0.4) is 0 Å². The van der Waals surface area contributed by atoms with Gasteiger partial charge in [0.25, 0.3) is 0 Å². The van der Waals surface area contributed by atoms with E-state index in [0.29, 0.717) is 17.8 Å². The lowest BCUT2D eigenvalue weighted by molar-refractivity contribution is 0.674. The number of aromatic nitrogens is 9. The molecule has 0 N–H and O–H groups in total. The number of nitrogens with zero attached hydrogens (tertiary/aromatic N) is 9. The first-order valence-corrected chi connectivity index (χ1v) is 48.1. The number of rotatable bonds is 11. The molecular formula is C126H77N9OS2. The van der Waals surface area contributed by atoms with E-state index in [-0.39, 0.29) is 0 Å². The van der Waals surface area contributed by atoms with Crippen LogP contribution >= 0.6 is 22.7 Å². The number of hydrogen-bond acceptors (Lipinski definition) is 9. The molecule has 29 aromatic rings. The number of para-hydroxylation sites is 6. The van der Waals surface area contributed by atoms with Crippen LogP contribution in [0.1, 0.15) is 0 Å². The van der Waals surface area contributed by atoms with Gasteiger partial charge in [-0.25, -0.2) is 29.9 Å². The summed E-state index contributed by atoms with van der Waals surface area (Å²) in [4.78, 5) is 31.6. The highest BCUT2D eigenvalue weighted by Gasteiger charge is 2.27. The largest absolute Gasteiger partial charge is 0.455 e. The zero-order valence-electron chi connectivity index (χ0n) is 74.2. The van der Waals surface area contributed by atoms with Gasteiger partial charge in [-0.05, 0) is 135 Å². The lowest BCUT2D eigenvalue weighted by Crippen LogP contribution is -2.03. The molecule has 0 fully saturated rings. The molecule has 0 amide bonds. The molecule has 12 heteroatoms. The molecule has 0 atom stereocenters. The average Bonchev–Trinajstić information content (AvgIpc) is 1.56. The van der Waals surface area contributed by atoms with Gasteiger partial charge in [-0.15, -0.1) is 22.7 Å². The van der Waals surface area contributed by atoms with Crippen molar-refractivity contribution in [3.63, 3.8) is 0 Å². The van der Waals surface area contributed by atoms with Crippen LogP contribution in [0, 0.1) is 0 Å². The first-order valence-electron chi connectivity index (χ1n) is 46.4. The van der Waals surface area contributed by atoms with Crippen molar-refractivity contribution in [3.05, 3.63) is 467 Å². The normalized spacial score (nSPS) is 11.8.